The van der Waals surface area contributed by atoms with Crippen LogP contribution in [-0.2, 0) is 7.05 Å². The van der Waals surface area contributed by atoms with Crippen LogP contribution in [0.15, 0.2) is 24.4 Å². The van der Waals surface area contributed by atoms with Gasteiger partial charge in [0.1, 0.15) is 5.69 Å². The van der Waals surface area contributed by atoms with Crippen LogP contribution in [-0.4, -0.2) is 31.4 Å². The van der Waals surface area contributed by atoms with E-state index in [1.165, 1.54) is 7.05 Å². The summed E-state index contributed by atoms with van der Waals surface area (Å²) < 4.78 is 1.13. The van der Waals surface area contributed by atoms with E-state index in [4.69, 9.17) is 5.73 Å². The summed E-state index contributed by atoms with van der Waals surface area (Å²) in [6.45, 7) is 0. The fraction of sp³-hybridized carbons (Fsp3) is 0.0833. The first kappa shape index (κ1) is 16.5. The predicted octanol–water partition coefficient (Wildman–Crippen LogP) is 0.588. The van der Waals surface area contributed by atoms with Crippen molar-refractivity contribution in [2.24, 2.45) is 12.8 Å². The van der Waals surface area contributed by atoms with Crippen LogP contribution in [0.5, 0.6) is 0 Å². The molecule has 1 aromatic carbocycles. The molecule has 1 aromatic heterocycles. The molecule has 0 bridgehead atoms. The number of hydrogen-bond acceptors (Lipinski definition) is 7. The third-order valence-electron chi connectivity index (χ3n) is 3.01. The first-order valence-electron chi connectivity index (χ1n) is 6.27. The molecule has 0 saturated heterocycles. The molecule has 1 heterocycles. The van der Waals surface area contributed by atoms with Gasteiger partial charge >= 0.3 is 0 Å². The van der Waals surface area contributed by atoms with Crippen LogP contribution in [0.2, 0.25) is 0 Å². The molecule has 0 aliphatic heterocycles. The number of carbonyl (C=O) groups is 2. The number of nitrogens with two attached hydrogens (primary N) is 1. The summed E-state index contributed by atoms with van der Waals surface area (Å²) in [6, 6.07) is 2.49. The zero-order valence-electron chi connectivity index (χ0n) is 12.1. The maximum absolute atomic E-state index is 12.2. The van der Waals surface area contributed by atoms with E-state index in [-0.39, 0.29) is 16.9 Å². The molecule has 2 aromatic rings. The monoisotopic (exact) mass is 334 g/mol. The second-order valence-corrected chi connectivity index (χ2v) is 4.60. The van der Waals surface area contributed by atoms with Gasteiger partial charge in [-0.2, -0.15) is 5.10 Å². The minimum absolute atomic E-state index is 0.0239. The van der Waals surface area contributed by atoms with Crippen LogP contribution in [0.25, 0.3) is 0 Å². The Morgan fingerprint density at radius 3 is 2.17 bits per heavy atom. The van der Waals surface area contributed by atoms with Crippen molar-refractivity contribution < 1.29 is 19.4 Å². The van der Waals surface area contributed by atoms with Crippen molar-refractivity contribution in [3.8, 4) is 0 Å². The number of nitrogens with zero attached hydrogens (tertiary/aromatic N) is 4. The van der Waals surface area contributed by atoms with Crippen LogP contribution in [0.4, 0.5) is 17.1 Å². The quantitative estimate of drug-likeness (QED) is 0.593. The normalized spacial score (nSPS) is 10.2. The first-order chi connectivity index (χ1) is 11.2. The Labute approximate surface area is 133 Å². The molecule has 0 radical (unpaired) electrons. The average molecular weight is 334 g/mol. The molecule has 0 aliphatic carbocycles. The molecule has 0 unspecified atom stereocenters. The molecule has 0 saturated carbocycles. The van der Waals surface area contributed by atoms with E-state index in [0.717, 1.165) is 29.1 Å². The molecule has 0 atom stereocenters. The molecule has 0 fully saturated rings. The topological polar surface area (TPSA) is 176 Å². The van der Waals surface area contributed by atoms with Crippen molar-refractivity contribution in [2.75, 3.05) is 5.32 Å². The molecular weight excluding hydrogens is 324 g/mol. The summed E-state index contributed by atoms with van der Waals surface area (Å²) in [5, 5.41) is 27.7. The van der Waals surface area contributed by atoms with Gasteiger partial charge in [-0.05, 0) is 0 Å². The van der Waals surface area contributed by atoms with Gasteiger partial charge in [0.05, 0.1) is 33.4 Å². The molecule has 0 spiro atoms. The zero-order valence-corrected chi connectivity index (χ0v) is 12.1. The van der Waals surface area contributed by atoms with Gasteiger partial charge in [-0.15, -0.1) is 0 Å². The minimum atomic E-state index is -0.891. The summed E-state index contributed by atoms with van der Waals surface area (Å²) in [5.74, 6) is -1.74. The number of aryl methyl sites for hydroxylation is 1. The lowest BCUT2D eigenvalue weighted by molar-refractivity contribution is -0.394. The predicted molar refractivity (Wildman–Crippen MR) is 79.4 cm³/mol. The van der Waals surface area contributed by atoms with Crippen LogP contribution in [0, 0.1) is 20.2 Å². The number of nitro groups is 2. The van der Waals surface area contributed by atoms with E-state index < -0.39 is 33.0 Å². The van der Waals surface area contributed by atoms with E-state index in [2.05, 4.69) is 10.4 Å². The molecule has 2 amide bonds. The Morgan fingerprint density at radius 2 is 1.71 bits per heavy atom. The molecule has 12 heteroatoms. The Morgan fingerprint density at radius 1 is 1.17 bits per heavy atom. The molecule has 3 N–H and O–H groups in total. The third kappa shape index (κ3) is 3.16. The van der Waals surface area contributed by atoms with Gasteiger partial charge in [-0.1, -0.05) is 0 Å². The fourth-order valence-electron chi connectivity index (χ4n) is 1.95. The van der Waals surface area contributed by atoms with Crippen molar-refractivity contribution in [1.82, 2.24) is 9.78 Å². The Bertz CT molecular complexity index is 841. The minimum Gasteiger partial charge on any atom is -0.364 e. The second-order valence-electron chi connectivity index (χ2n) is 4.60. The van der Waals surface area contributed by atoms with E-state index >= 15 is 0 Å². The highest BCUT2D eigenvalue weighted by Gasteiger charge is 2.22. The maximum Gasteiger partial charge on any atom is 0.277 e. The molecule has 124 valence electrons. The number of hydrogen-bond donors (Lipinski definition) is 2. The molecule has 2 rings (SSSR count). The zero-order chi connectivity index (χ0) is 18.0. The second kappa shape index (κ2) is 6.12. The highest BCUT2D eigenvalue weighted by molar-refractivity contribution is 6.08. The number of non-ortho nitro benzene ring substituents is 2. The van der Waals surface area contributed by atoms with Crippen LogP contribution in [0.3, 0.4) is 0 Å². The smallest absolute Gasteiger partial charge is 0.277 e. The van der Waals surface area contributed by atoms with Crippen molar-refractivity contribution in [1.29, 1.82) is 0 Å². The third-order valence-corrected chi connectivity index (χ3v) is 3.01. The van der Waals surface area contributed by atoms with Gasteiger partial charge in [-0.3, -0.25) is 34.5 Å². The number of anilines is 1. The first-order valence-corrected chi connectivity index (χ1v) is 6.27. The summed E-state index contributed by atoms with van der Waals surface area (Å²) >= 11 is 0. The van der Waals surface area contributed by atoms with Crippen molar-refractivity contribution in [3.05, 3.63) is 55.9 Å². The van der Waals surface area contributed by atoms with Gasteiger partial charge in [0.25, 0.3) is 23.2 Å². The molecular formula is C12H10N6O6. The lowest BCUT2D eigenvalue weighted by Gasteiger charge is -2.05. The van der Waals surface area contributed by atoms with Gasteiger partial charge in [0, 0.05) is 19.2 Å². The highest BCUT2D eigenvalue weighted by Crippen LogP contribution is 2.24. The number of primary amides is 1. The number of amides is 2. The number of nitrogens with one attached hydrogen (secondary N) is 1. The number of benzene rings is 1. The fourth-order valence-corrected chi connectivity index (χ4v) is 1.95. The SMILES string of the molecule is Cn1ncc(NC(=O)c2cc([N+](=O)[O-])cc([N+](=O)[O-])c2)c1C(N)=O. The van der Waals surface area contributed by atoms with Crippen molar-refractivity contribution >= 4 is 28.9 Å². The number of nitro benzene ring substituents is 2. The summed E-state index contributed by atoms with van der Waals surface area (Å²) in [5.41, 5.74) is 3.50. The average Bonchev–Trinajstić information content (AvgIpc) is 2.87. The Hall–Kier alpha value is -3.83. The van der Waals surface area contributed by atoms with E-state index in [1.54, 1.807) is 0 Å². The van der Waals surface area contributed by atoms with Gasteiger partial charge < -0.3 is 11.1 Å². The molecule has 0 aliphatic rings. The highest BCUT2D eigenvalue weighted by atomic mass is 16.6. The Kier molecular flexibility index (Phi) is 4.21. The van der Waals surface area contributed by atoms with E-state index in [0.29, 0.717) is 0 Å². The lowest BCUT2D eigenvalue weighted by Crippen LogP contribution is -2.20. The van der Waals surface area contributed by atoms with Crippen molar-refractivity contribution in [3.63, 3.8) is 0 Å². The maximum atomic E-state index is 12.2. The van der Waals surface area contributed by atoms with E-state index in [1.807, 2.05) is 0 Å². The van der Waals surface area contributed by atoms with Gasteiger partial charge in [0.2, 0.25) is 0 Å². The van der Waals surface area contributed by atoms with Crippen LogP contribution < -0.4 is 11.1 Å². The van der Waals surface area contributed by atoms with Gasteiger partial charge in [0.15, 0.2) is 0 Å². The summed E-state index contributed by atoms with van der Waals surface area (Å²) in [4.78, 5) is 43.5. The number of rotatable bonds is 5. The molecule has 12 nitrogen and oxygen atoms in total. The molecule has 24 heavy (non-hydrogen) atoms. The largest absolute Gasteiger partial charge is 0.364 e. The standard InChI is InChI=1S/C12H10N6O6/c1-16-10(11(13)19)9(5-14-16)15-12(20)6-2-7(17(21)22)4-8(3-6)18(23)24/h2-5H,1H3,(H2,13,19)(H,15,20). The van der Waals surface area contributed by atoms with Gasteiger partial charge in [-0.25, -0.2) is 0 Å². The number of aromatic nitrogens is 2. The Balaban J connectivity index is 2.42. The summed E-state index contributed by atoms with van der Waals surface area (Å²) in [7, 11) is 1.42. The number of carbonyl (C=O) groups excluding carboxylic acids is 2. The summed E-state index contributed by atoms with van der Waals surface area (Å²) in [6.07, 6.45) is 1.16. The van der Waals surface area contributed by atoms with Crippen molar-refractivity contribution in [2.45, 2.75) is 0 Å². The lowest BCUT2D eigenvalue weighted by atomic mass is 10.1. The van der Waals surface area contributed by atoms with Crippen LogP contribution >= 0.6 is 0 Å². The van der Waals surface area contributed by atoms with E-state index in [9.17, 15) is 29.8 Å². The van der Waals surface area contributed by atoms with Crippen LogP contribution in [0.1, 0.15) is 20.8 Å².